The van der Waals surface area contributed by atoms with Crippen LogP contribution < -0.4 is 20.9 Å². The Morgan fingerprint density at radius 2 is 2.14 bits per heavy atom. The lowest BCUT2D eigenvalue weighted by Crippen LogP contribution is -2.36. The van der Waals surface area contributed by atoms with E-state index in [1.54, 1.807) is 19.2 Å². The fourth-order valence-corrected chi connectivity index (χ4v) is 2.59. The van der Waals surface area contributed by atoms with Gasteiger partial charge in [-0.2, -0.15) is 0 Å². The number of anilines is 1. The van der Waals surface area contributed by atoms with Crippen molar-refractivity contribution in [1.82, 2.24) is 15.8 Å². The summed E-state index contributed by atoms with van der Waals surface area (Å²) >= 11 is 0. The number of rotatable bonds is 4. The van der Waals surface area contributed by atoms with Crippen LogP contribution in [0.15, 0.2) is 36.5 Å². The average molecular weight is 300 g/mol. The number of nitrogens with zero attached hydrogens (tertiary/aromatic N) is 1. The Morgan fingerprint density at radius 3 is 2.82 bits per heavy atom. The van der Waals surface area contributed by atoms with Crippen LogP contribution in [0.25, 0.3) is 0 Å². The number of hydrazine groups is 1. The second-order valence-corrected chi connectivity index (χ2v) is 5.41. The molecule has 2 aromatic rings. The third-order valence-electron chi connectivity index (χ3n) is 3.81. The van der Waals surface area contributed by atoms with E-state index in [9.17, 15) is 5.11 Å². The van der Waals surface area contributed by atoms with Gasteiger partial charge >= 0.3 is 0 Å². The Kier molecular flexibility index (Phi) is 4.13. The van der Waals surface area contributed by atoms with Gasteiger partial charge in [-0.3, -0.25) is 0 Å². The number of phenols is 1. The number of pyridine rings is 1. The molecule has 1 saturated heterocycles. The smallest absolute Gasteiger partial charge is 0.212 e. The fourth-order valence-electron chi connectivity index (χ4n) is 2.59. The predicted molar refractivity (Wildman–Crippen MR) is 84.7 cm³/mol. The average Bonchev–Trinajstić information content (AvgIpc) is 2.99. The van der Waals surface area contributed by atoms with Gasteiger partial charge in [0.15, 0.2) is 0 Å². The van der Waals surface area contributed by atoms with Crippen LogP contribution in [0.3, 0.4) is 0 Å². The highest BCUT2D eigenvalue weighted by Crippen LogP contribution is 2.26. The zero-order valence-electron chi connectivity index (χ0n) is 12.6. The Bertz CT molecular complexity index is 645. The second-order valence-electron chi connectivity index (χ2n) is 5.41. The van der Waals surface area contributed by atoms with Gasteiger partial charge in [-0.05, 0) is 36.2 Å². The molecule has 0 spiro atoms. The number of hydrogen-bond acceptors (Lipinski definition) is 6. The van der Waals surface area contributed by atoms with Crippen molar-refractivity contribution in [2.45, 2.75) is 25.6 Å². The van der Waals surface area contributed by atoms with Crippen LogP contribution in [0.5, 0.6) is 11.6 Å². The molecule has 0 bridgehead atoms. The Morgan fingerprint density at radius 1 is 1.27 bits per heavy atom. The molecule has 0 radical (unpaired) electrons. The van der Waals surface area contributed by atoms with E-state index >= 15 is 0 Å². The summed E-state index contributed by atoms with van der Waals surface area (Å²) < 4.78 is 5.07. The molecule has 22 heavy (non-hydrogen) atoms. The van der Waals surface area contributed by atoms with Crippen molar-refractivity contribution in [3.63, 3.8) is 0 Å². The zero-order chi connectivity index (χ0) is 15.5. The number of ether oxygens (including phenoxy) is 1. The lowest BCUT2D eigenvalue weighted by molar-refractivity contribution is 0.397. The summed E-state index contributed by atoms with van der Waals surface area (Å²) in [4.78, 5) is 4.24. The summed E-state index contributed by atoms with van der Waals surface area (Å²) in [5.41, 5.74) is 9.64. The van der Waals surface area contributed by atoms with Crippen LogP contribution in [-0.4, -0.2) is 23.4 Å². The SMILES string of the molecule is COc1ccc(C2CC(Nc3ccc(O)cc3C)NN2)cn1. The van der Waals surface area contributed by atoms with E-state index in [1.807, 2.05) is 31.3 Å². The first-order valence-corrected chi connectivity index (χ1v) is 7.23. The summed E-state index contributed by atoms with van der Waals surface area (Å²) in [5, 5.41) is 12.9. The number of methoxy groups -OCH3 is 1. The topological polar surface area (TPSA) is 78.4 Å². The van der Waals surface area contributed by atoms with Crippen molar-refractivity contribution in [2.75, 3.05) is 12.4 Å². The summed E-state index contributed by atoms with van der Waals surface area (Å²) in [5.74, 6) is 0.895. The standard InChI is InChI=1S/C16H20N4O2/c1-10-7-12(21)4-5-13(10)18-15-8-14(19-20-15)11-3-6-16(22-2)17-9-11/h3-7,9,14-15,18-21H,8H2,1-2H3. The van der Waals surface area contributed by atoms with Crippen molar-refractivity contribution >= 4 is 5.69 Å². The van der Waals surface area contributed by atoms with Crippen molar-refractivity contribution < 1.29 is 9.84 Å². The van der Waals surface area contributed by atoms with Crippen LogP contribution in [0, 0.1) is 6.92 Å². The number of nitrogens with one attached hydrogen (secondary N) is 3. The van der Waals surface area contributed by atoms with E-state index in [0.717, 1.165) is 23.2 Å². The normalized spacial score (nSPS) is 20.8. The van der Waals surface area contributed by atoms with Crippen LogP contribution in [0.1, 0.15) is 23.6 Å². The maximum atomic E-state index is 9.46. The Balaban J connectivity index is 1.64. The molecular formula is C16H20N4O2. The number of hydrogen-bond donors (Lipinski definition) is 4. The number of aromatic hydroxyl groups is 1. The van der Waals surface area contributed by atoms with E-state index in [2.05, 4.69) is 21.2 Å². The minimum absolute atomic E-state index is 0.107. The number of aromatic nitrogens is 1. The van der Waals surface area contributed by atoms with Gasteiger partial charge in [0.25, 0.3) is 0 Å². The molecule has 4 N–H and O–H groups in total. The first kappa shape index (κ1) is 14.6. The zero-order valence-corrected chi connectivity index (χ0v) is 12.6. The van der Waals surface area contributed by atoms with Gasteiger partial charge in [0.2, 0.25) is 5.88 Å². The van der Waals surface area contributed by atoms with Crippen LogP contribution in [0.4, 0.5) is 5.69 Å². The Labute approximate surface area is 129 Å². The highest BCUT2D eigenvalue weighted by molar-refractivity contribution is 5.54. The molecule has 1 fully saturated rings. The summed E-state index contributed by atoms with van der Waals surface area (Å²) in [7, 11) is 1.61. The largest absolute Gasteiger partial charge is 0.508 e. The van der Waals surface area contributed by atoms with Crippen LogP contribution in [-0.2, 0) is 0 Å². The third kappa shape index (κ3) is 3.13. The van der Waals surface area contributed by atoms with Crippen molar-refractivity contribution in [2.24, 2.45) is 0 Å². The van der Waals surface area contributed by atoms with E-state index in [-0.39, 0.29) is 18.0 Å². The maximum Gasteiger partial charge on any atom is 0.212 e. The van der Waals surface area contributed by atoms with E-state index in [0.29, 0.717) is 5.88 Å². The lowest BCUT2D eigenvalue weighted by atomic mass is 10.1. The fraction of sp³-hybridized carbons (Fsp3) is 0.312. The molecule has 116 valence electrons. The van der Waals surface area contributed by atoms with E-state index in [4.69, 9.17) is 4.74 Å². The molecule has 0 saturated carbocycles. The van der Waals surface area contributed by atoms with Gasteiger partial charge in [-0.15, -0.1) is 0 Å². The third-order valence-corrected chi connectivity index (χ3v) is 3.81. The van der Waals surface area contributed by atoms with Crippen molar-refractivity contribution in [3.05, 3.63) is 47.7 Å². The predicted octanol–water partition coefficient (Wildman–Crippen LogP) is 2.08. The quantitative estimate of drug-likeness (QED) is 0.648. The van der Waals surface area contributed by atoms with Gasteiger partial charge in [0, 0.05) is 24.4 Å². The molecule has 3 rings (SSSR count). The summed E-state index contributed by atoms with van der Waals surface area (Å²) in [6, 6.07) is 9.38. The van der Waals surface area contributed by atoms with Crippen molar-refractivity contribution in [3.8, 4) is 11.6 Å². The number of phenolic OH excluding ortho intramolecular Hbond substituents is 1. The molecule has 2 heterocycles. The maximum absolute atomic E-state index is 9.46. The molecule has 0 amide bonds. The summed E-state index contributed by atoms with van der Waals surface area (Å²) in [6.45, 7) is 1.97. The van der Waals surface area contributed by atoms with Crippen LogP contribution in [0.2, 0.25) is 0 Å². The molecule has 1 aromatic carbocycles. The first-order valence-electron chi connectivity index (χ1n) is 7.23. The second kappa shape index (κ2) is 6.21. The van der Waals surface area contributed by atoms with Gasteiger partial charge in [-0.1, -0.05) is 6.07 Å². The monoisotopic (exact) mass is 300 g/mol. The molecule has 2 unspecified atom stereocenters. The van der Waals surface area contributed by atoms with E-state index < -0.39 is 0 Å². The Hall–Kier alpha value is -2.31. The molecular weight excluding hydrogens is 280 g/mol. The van der Waals surface area contributed by atoms with Crippen LogP contribution >= 0.6 is 0 Å². The molecule has 2 atom stereocenters. The molecule has 1 aromatic heterocycles. The molecule has 1 aliphatic heterocycles. The molecule has 6 heteroatoms. The van der Waals surface area contributed by atoms with Crippen molar-refractivity contribution in [1.29, 1.82) is 0 Å². The summed E-state index contributed by atoms with van der Waals surface area (Å²) in [6.07, 6.45) is 2.82. The lowest BCUT2D eigenvalue weighted by Gasteiger charge is -2.15. The molecule has 1 aliphatic rings. The van der Waals surface area contributed by atoms with Gasteiger partial charge in [-0.25, -0.2) is 15.8 Å². The van der Waals surface area contributed by atoms with E-state index in [1.165, 1.54) is 0 Å². The molecule has 0 aliphatic carbocycles. The van der Waals surface area contributed by atoms with Gasteiger partial charge in [0.1, 0.15) is 5.75 Å². The highest BCUT2D eigenvalue weighted by Gasteiger charge is 2.25. The highest BCUT2D eigenvalue weighted by atomic mass is 16.5. The minimum Gasteiger partial charge on any atom is -0.508 e. The first-order chi connectivity index (χ1) is 10.7. The minimum atomic E-state index is 0.107. The van der Waals surface area contributed by atoms with Gasteiger partial charge in [0.05, 0.1) is 19.3 Å². The number of aryl methyl sites for hydroxylation is 1. The number of benzene rings is 1. The van der Waals surface area contributed by atoms with Gasteiger partial charge < -0.3 is 15.2 Å². The molecule has 6 nitrogen and oxygen atoms in total.